The number of nitrogens with one attached hydrogen (secondary N) is 2. The average Bonchev–Trinajstić information content (AvgIpc) is 3.89. The zero-order valence-electron chi connectivity index (χ0n) is 25.8. The van der Waals surface area contributed by atoms with Gasteiger partial charge in [-0.05, 0) is 99.8 Å². The van der Waals surface area contributed by atoms with Crippen molar-refractivity contribution in [1.82, 2.24) is 9.88 Å². The average molecular weight is 635 g/mol. The number of carbonyl (C=O) groups excluding carboxylic acids is 2. The highest BCUT2D eigenvalue weighted by molar-refractivity contribution is 6.16. The van der Waals surface area contributed by atoms with Gasteiger partial charge in [0.05, 0.1) is 19.2 Å². The lowest BCUT2D eigenvalue weighted by molar-refractivity contribution is -0.131. The fraction of sp³-hybridized carbons (Fsp3) is 0.343. The van der Waals surface area contributed by atoms with E-state index in [-0.39, 0.29) is 14.3 Å². The van der Waals surface area contributed by atoms with Crippen molar-refractivity contribution in [2.75, 3.05) is 44.0 Å². The molecule has 1 aliphatic carbocycles. The Bertz CT molecular complexity index is 1750. The number of likely N-dealkylation sites (tertiary alicyclic amines) is 1. The number of nitrogens with zero attached hydrogens (tertiary/aromatic N) is 2. The number of pyridine rings is 1. The highest BCUT2D eigenvalue weighted by Gasteiger charge is 2.56. The Morgan fingerprint density at radius 3 is 2.26 bits per heavy atom. The Morgan fingerprint density at radius 2 is 1.61 bits per heavy atom. The van der Waals surface area contributed by atoms with Crippen molar-refractivity contribution >= 4 is 34.1 Å². The van der Waals surface area contributed by atoms with Gasteiger partial charge in [0.25, 0.3) is 0 Å². The second-order valence-corrected chi connectivity index (χ2v) is 11.8. The number of anilines is 2. The number of fused-ring (bicyclic) bond motifs is 1. The van der Waals surface area contributed by atoms with E-state index in [2.05, 4.69) is 27.4 Å². The molecule has 2 amide bonds. The van der Waals surface area contributed by atoms with Crippen LogP contribution in [0.15, 0.2) is 66.9 Å². The molecule has 46 heavy (non-hydrogen) atoms. The first-order chi connectivity index (χ1) is 22.3. The van der Waals surface area contributed by atoms with E-state index in [1.165, 1.54) is 36.4 Å². The predicted molar refractivity (Wildman–Crippen MR) is 175 cm³/mol. The van der Waals surface area contributed by atoms with Crippen LogP contribution in [0, 0.1) is 23.0 Å². The van der Waals surface area contributed by atoms with E-state index in [9.17, 15) is 14.0 Å². The van der Waals surface area contributed by atoms with E-state index in [4.69, 9.17) is 14.2 Å². The SMILES string of the molecule is CCN1CCC(COc2cc3nccc(Oc4ccc(NC(=O)C5(C(=O)Nc6ccc(F)cc6)CC5)cc4F)c3cc2OC)CC1.[HH].[HH]. The molecule has 1 aromatic heterocycles. The van der Waals surface area contributed by atoms with Crippen molar-refractivity contribution in [1.29, 1.82) is 0 Å². The van der Waals surface area contributed by atoms with Crippen LogP contribution >= 0.6 is 0 Å². The fourth-order valence-electron chi connectivity index (χ4n) is 5.66. The highest BCUT2D eigenvalue weighted by Crippen LogP contribution is 2.48. The van der Waals surface area contributed by atoms with Gasteiger partial charge in [0, 0.05) is 37.9 Å². The van der Waals surface area contributed by atoms with Crippen LogP contribution in [0.4, 0.5) is 20.2 Å². The van der Waals surface area contributed by atoms with Crippen molar-refractivity contribution in [3.05, 3.63) is 78.5 Å². The first kappa shape index (κ1) is 31.2. The van der Waals surface area contributed by atoms with E-state index in [1.807, 2.05) is 0 Å². The molecule has 2 aliphatic rings. The van der Waals surface area contributed by atoms with Gasteiger partial charge in [-0.3, -0.25) is 14.6 Å². The molecule has 6 rings (SSSR count). The summed E-state index contributed by atoms with van der Waals surface area (Å²) < 4.78 is 46.2. The van der Waals surface area contributed by atoms with Crippen LogP contribution < -0.4 is 24.8 Å². The van der Waals surface area contributed by atoms with Crippen molar-refractivity contribution in [2.24, 2.45) is 11.3 Å². The number of aromatic nitrogens is 1. The molecule has 2 N–H and O–H groups in total. The van der Waals surface area contributed by atoms with E-state index >= 15 is 4.39 Å². The topological polar surface area (TPSA) is 102 Å². The maximum absolute atomic E-state index is 15.3. The molecule has 4 aromatic rings. The molecule has 1 saturated carbocycles. The zero-order chi connectivity index (χ0) is 32.3. The lowest BCUT2D eigenvalue weighted by Gasteiger charge is -2.30. The second-order valence-electron chi connectivity index (χ2n) is 11.8. The summed E-state index contributed by atoms with van der Waals surface area (Å²) in [7, 11) is 1.57. The number of methoxy groups -OCH3 is 1. The summed E-state index contributed by atoms with van der Waals surface area (Å²) in [6, 6.07) is 14.5. The second kappa shape index (κ2) is 13.3. The molecule has 9 nitrogen and oxygen atoms in total. The minimum atomic E-state index is -1.27. The molecule has 0 unspecified atom stereocenters. The summed E-state index contributed by atoms with van der Waals surface area (Å²) in [5.41, 5.74) is -0.109. The number of halogens is 2. The van der Waals surface area contributed by atoms with Crippen LogP contribution in [-0.2, 0) is 9.59 Å². The van der Waals surface area contributed by atoms with Crippen LogP contribution in [0.3, 0.4) is 0 Å². The van der Waals surface area contributed by atoms with Gasteiger partial charge in [0.15, 0.2) is 23.1 Å². The van der Waals surface area contributed by atoms with Gasteiger partial charge in [-0.2, -0.15) is 0 Å². The number of ether oxygens (including phenoxy) is 3. The Kier molecular flexibility index (Phi) is 9.03. The first-order valence-corrected chi connectivity index (χ1v) is 15.5. The van der Waals surface area contributed by atoms with Gasteiger partial charge in [0.1, 0.15) is 17.0 Å². The molecule has 2 fully saturated rings. The molecular formula is C35H40F2N4O5. The lowest BCUT2D eigenvalue weighted by Crippen LogP contribution is -2.35. The van der Waals surface area contributed by atoms with Crippen molar-refractivity contribution < 1.29 is 35.4 Å². The molecule has 0 atom stereocenters. The van der Waals surface area contributed by atoms with Crippen LogP contribution in [-0.4, -0.2) is 55.0 Å². The van der Waals surface area contributed by atoms with Crippen molar-refractivity contribution in [3.8, 4) is 23.0 Å². The third-order valence-corrected chi connectivity index (χ3v) is 8.75. The number of piperidine rings is 1. The molecule has 0 radical (unpaired) electrons. The van der Waals surface area contributed by atoms with Gasteiger partial charge < -0.3 is 29.7 Å². The van der Waals surface area contributed by atoms with Crippen LogP contribution in [0.2, 0.25) is 0 Å². The number of benzene rings is 3. The van der Waals surface area contributed by atoms with Gasteiger partial charge in [-0.25, -0.2) is 8.78 Å². The molecule has 11 heteroatoms. The Morgan fingerprint density at radius 1 is 0.913 bits per heavy atom. The third-order valence-electron chi connectivity index (χ3n) is 8.75. The van der Waals surface area contributed by atoms with Gasteiger partial charge in [-0.1, -0.05) is 6.92 Å². The fourth-order valence-corrected chi connectivity index (χ4v) is 5.66. The monoisotopic (exact) mass is 634 g/mol. The van der Waals surface area contributed by atoms with E-state index in [0.717, 1.165) is 38.5 Å². The minimum absolute atomic E-state index is 0. The molecule has 1 saturated heterocycles. The quantitative estimate of drug-likeness (QED) is 0.167. The normalized spacial score (nSPS) is 16.1. The zero-order valence-corrected chi connectivity index (χ0v) is 25.8. The highest BCUT2D eigenvalue weighted by atomic mass is 19.1. The summed E-state index contributed by atoms with van der Waals surface area (Å²) >= 11 is 0. The van der Waals surface area contributed by atoms with Gasteiger partial charge in [-0.15, -0.1) is 0 Å². The predicted octanol–water partition coefficient (Wildman–Crippen LogP) is 7.27. The number of hydrogen-bond donors (Lipinski definition) is 2. The molecule has 3 aromatic carbocycles. The lowest BCUT2D eigenvalue weighted by atomic mass is 9.98. The molecule has 2 heterocycles. The van der Waals surface area contributed by atoms with Crippen LogP contribution in [0.25, 0.3) is 10.9 Å². The number of hydrogen-bond acceptors (Lipinski definition) is 7. The largest absolute Gasteiger partial charge is 0.493 e. The summed E-state index contributed by atoms with van der Waals surface area (Å²) in [4.78, 5) is 32.8. The maximum atomic E-state index is 15.3. The summed E-state index contributed by atoms with van der Waals surface area (Å²) in [5.74, 6) is -0.295. The van der Waals surface area contributed by atoms with Crippen molar-refractivity contribution in [2.45, 2.75) is 32.6 Å². The Labute approximate surface area is 268 Å². The van der Waals surface area contributed by atoms with E-state index in [0.29, 0.717) is 59.2 Å². The molecule has 0 spiro atoms. The maximum Gasteiger partial charge on any atom is 0.240 e. The smallest absolute Gasteiger partial charge is 0.240 e. The van der Waals surface area contributed by atoms with Crippen LogP contribution in [0.5, 0.6) is 23.0 Å². The molecular weight excluding hydrogens is 594 g/mol. The minimum Gasteiger partial charge on any atom is -0.493 e. The first-order valence-electron chi connectivity index (χ1n) is 15.5. The number of carbonyl (C=O) groups is 2. The summed E-state index contributed by atoms with van der Waals surface area (Å²) in [5, 5.41) is 5.91. The Balaban J connectivity index is 0.00000260. The standard InChI is InChI=1S/C35H36F2N4O5.2H2/c1-3-41-16-11-22(12-17-41)21-45-32-20-28-26(19-31(32)44-2)29(10-15-38-28)46-30-9-8-25(18-27(30)37)40-34(43)35(13-14-35)33(42)39-24-6-4-23(36)5-7-24;;/h4-10,15,18-20,22H,3,11-14,16-17,21H2,1-2H3,(H,39,42)(H,40,43);2*1H. The van der Waals surface area contributed by atoms with Gasteiger partial charge >= 0.3 is 0 Å². The van der Waals surface area contributed by atoms with Crippen molar-refractivity contribution in [3.63, 3.8) is 0 Å². The number of rotatable bonds is 11. The third kappa shape index (κ3) is 6.74. The van der Waals surface area contributed by atoms with E-state index < -0.39 is 28.9 Å². The van der Waals surface area contributed by atoms with Gasteiger partial charge in [0.2, 0.25) is 11.8 Å². The summed E-state index contributed by atoms with van der Waals surface area (Å²) in [6.45, 7) is 5.97. The Hall–Kier alpha value is -4.77. The number of amides is 2. The molecule has 0 bridgehead atoms. The summed E-state index contributed by atoms with van der Waals surface area (Å²) in [6.07, 6.45) is 4.44. The molecule has 244 valence electrons. The van der Waals surface area contributed by atoms with E-state index in [1.54, 1.807) is 31.5 Å². The molecule has 1 aliphatic heterocycles. The van der Waals surface area contributed by atoms with Crippen LogP contribution in [0.1, 0.15) is 35.5 Å².